The summed E-state index contributed by atoms with van der Waals surface area (Å²) in [6.45, 7) is 9.78. The molecule has 0 saturated carbocycles. The Bertz CT molecular complexity index is 1390. The Morgan fingerprint density at radius 1 is 1.08 bits per heavy atom. The number of aryl methyl sites for hydroxylation is 1. The molecule has 4 rings (SSSR count). The summed E-state index contributed by atoms with van der Waals surface area (Å²) in [6, 6.07) is 14.5. The van der Waals surface area contributed by atoms with Crippen molar-refractivity contribution in [2.24, 2.45) is 0 Å². The average molecular weight is 521 g/mol. The maximum absolute atomic E-state index is 14.9. The quantitative estimate of drug-likeness (QED) is 0.213. The Kier molecular flexibility index (Phi) is 8.42. The smallest absolute Gasteiger partial charge is 0.308 e. The first-order valence-corrected chi connectivity index (χ1v) is 12.7. The highest BCUT2D eigenvalue weighted by Crippen LogP contribution is 2.44. The van der Waals surface area contributed by atoms with Crippen molar-refractivity contribution in [3.63, 3.8) is 0 Å². The van der Waals surface area contributed by atoms with Crippen molar-refractivity contribution >= 4 is 17.1 Å². The van der Waals surface area contributed by atoms with Crippen molar-refractivity contribution in [1.29, 1.82) is 0 Å². The minimum absolute atomic E-state index is 0.144. The molecule has 0 spiro atoms. The standard InChI is InChI=1S/C30H33FN2O5/c1-6-20-11-13-21(14-12-20)25-26-28(36-17-19(2)35-16-15-24(34)38-30(3,4)5)32-18-33-29(26)37-27(25)22-9-7-8-10-23(22)31/h7-14,18-19H,6,15-17H2,1-5H3/t19-/m0/s1. The first-order chi connectivity index (χ1) is 18.2. The van der Waals surface area contributed by atoms with Crippen molar-refractivity contribution in [3.05, 3.63) is 66.2 Å². The van der Waals surface area contributed by atoms with Crippen molar-refractivity contribution < 1.29 is 27.8 Å². The highest BCUT2D eigenvalue weighted by Gasteiger charge is 2.25. The van der Waals surface area contributed by atoms with Crippen LogP contribution in [-0.4, -0.2) is 40.9 Å². The third kappa shape index (κ3) is 6.55. The number of carbonyl (C=O) groups is 1. The fraction of sp³-hybridized carbons (Fsp3) is 0.367. The summed E-state index contributed by atoms with van der Waals surface area (Å²) in [4.78, 5) is 20.6. The molecule has 7 nitrogen and oxygen atoms in total. The number of benzene rings is 2. The Morgan fingerprint density at radius 3 is 2.50 bits per heavy atom. The van der Waals surface area contributed by atoms with Crippen LogP contribution in [0.1, 0.15) is 46.6 Å². The van der Waals surface area contributed by atoms with Gasteiger partial charge >= 0.3 is 5.97 Å². The van der Waals surface area contributed by atoms with Gasteiger partial charge in [0.15, 0.2) is 0 Å². The van der Waals surface area contributed by atoms with Crippen LogP contribution in [0.5, 0.6) is 5.88 Å². The molecule has 2 aromatic carbocycles. The highest BCUT2D eigenvalue weighted by atomic mass is 19.1. The molecular formula is C30H33FN2O5. The first-order valence-electron chi connectivity index (χ1n) is 12.7. The van der Waals surface area contributed by atoms with Gasteiger partial charge in [0.05, 0.1) is 24.7 Å². The van der Waals surface area contributed by atoms with Gasteiger partial charge in [-0.25, -0.2) is 14.4 Å². The number of esters is 1. The van der Waals surface area contributed by atoms with Gasteiger partial charge in [-0.15, -0.1) is 0 Å². The third-order valence-electron chi connectivity index (χ3n) is 5.81. The summed E-state index contributed by atoms with van der Waals surface area (Å²) in [5, 5.41) is 0.552. The van der Waals surface area contributed by atoms with E-state index in [1.165, 1.54) is 18.0 Å². The monoisotopic (exact) mass is 520 g/mol. The number of carbonyl (C=O) groups excluding carboxylic acids is 1. The zero-order valence-electron chi connectivity index (χ0n) is 22.4. The summed E-state index contributed by atoms with van der Waals surface area (Å²) >= 11 is 0. The van der Waals surface area contributed by atoms with Gasteiger partial charge in [0.25, 0.3) is 0 Å². The number of furan rings is 1. The molecule has 0 aliphatic rings. The zero-order chi connectivity index (χ0) is 27.3. The van der Waals surface area contributed by atoms with Gasteiger partial charge in [0.2, 0.25) is 11.6 Å². The van der Waals surface area contributed by atoms with Gasteiger partial charge in [0, 0.05) is 5.56 Å². The van der Waals surface area contributed by atoms with Gasteiger partial charge in [-0.05, 0) is 57.4 Å². The number of ether oxygens (including phenoxy) is 3. The van der Waals surface area contributed by atoms with E-state index in [0.29, 0.717) is 33.9 Å². The maximum atomic E-state index is 14.9. The molecule has 0 unspecified atom stereocenters. The molecule has 2 aromatic heterocycles. The van der Waals surface area contributed by atoms with E-state index < -0.39 is 11.4 Å². The Labute approximate surface area is 222 Å². The lowest BCUT2D eigenvalue weighted by Gasteiger charge is -2.20. The van der Waals surface area contributed by atoms with Crippen LogP contribution >= 0.6 is 0 Å². The number of fused-ring (bicyclic) bond motifs is 1. The maximum Gasteiger partial charge on any atom is 0.308 e. The van der Waals surface area contributed by atoms with Gasteiger partial charge < -0.3 is 18.6 Å². The number of aromatic nitrogens is 2. The predicted octanol–water partition coefficient (Wildman–Crippen LogP) is 6.77. The molecule has 2 heterocycles. The van der Waals surface area contributed by atoms with E-state index in [1.54, 1.807) is 18.2 Å². The summed E-state index contributed by atoms with van der Waals surface area (Å²) in [6.07, 6.45) is 2.07. The van der Waals surface area contributed by atoms with E-state index in [2.05, 4.69) is 16.9 Å². The fourth-order valence-corrected chi connectivity index (χ4v) is 4.01. The van der Waals surface area contributed by atoms with E-state index in [1.807, 2.05) is 52.0 Å². The third-order valence-corrected chi connectivity index (χ3v) is 5.81. The molecule has 8 heteroatoms. The van der Waals surface area contributed by atoms with Crippen LogP contribution in [0.15, 0.2) is 59.3 Å². The summed E-state index contributed by atoms with van der Waals surface area (Å²) in [5.41, 5.74) is 2.75. The minimum Gasteiger partial charge on any atom is -0.474 e. The van der Waals surface area contributed by atoms with E-state index in [0.717, 1.165) is 12.0 Å². The van der Waals surface area contributed by atoms with Gasteiger partial charge in [-0.1, -0.05) is 43.3 Å². The summed E-state index contributed by atoms with van der Waals surface area (Å²) in [5.74, 6) is -0.0609. The number of hydrogen-bond acceptors (Lipinski definition) is 7. The molecule has 0 aliphatic heterocycles. The van der Waals surface area contributed by atoms with Crippen LogP contribution in [0.2, 0.25) is 0 Å². The van der Waals surface area contributed by atoms with Crippen LogP contribution in [-0.2, 0) is 20.7 Å². The second-order valence-electron chi connectivity index (χ2n) is 10.0. The van der Waals surface area contributed by atoms with Crippen molar-refractivity contribution in [2.75, 3.05) is 13.2 Å². The van der Waals surface area contributed by atoms with Crippen LogP contribution in [0.25, 0.3) is 33.6 Å². The van der Waals surface area contributed by atoms with Crippen molar-refractivity contribution in [3.8, 4) is 28.3 Å². The molecular weight excluding hydrogens is 487 g/mol. The van der Waals surface area contributed by atoms with Gasteiger partial charge in [-0.2, -0.15) is 0 Å². The van der Waals surface area contributed by atoms with Crippen molar-refractivity contribution in [1.82, 2.24) is 9.97 Å². The lowest BCUT2D eigenvalue weighted by Crippen LogP contribution is -2.25. The topological polar surface area (TPSA) is 83.7 Å². The van der Waals surface area contributed by atoms with Gasteiger partial charge in [-0.3, -0.25) is 4.79 Å². The number of hydrogen-bond donors (Lipinski definition) is 0. The second-order valence-corrected chi connectivity index (χ2v) is 10.0. The summed E-state index contributed by atoms with van der Waals surface area (Å²) in [7, 11) is 0. The van der Waals surface area contributed by atoms with Crippen LogP contribution < -0.4 is 4.74 Å². The molecule has 0 fully saturated rings. The number of nitrogens with zero attached hydrogens (tertiary/aromatic N) is 2. The average Bonchev–Trinajstić information content (AvgIpc) is 3.26. The molecule has 1 atom stereocenters. The first kappa shape index (κ1) is 27.3. The lowest BCUT2D eigenvalue weighted by atomic mass is 9.98. The molecule has 0 amide bonds. The molecule has 0 N–H and O–H groups in total. The van der Waals surface area contributed by atoms with E-state index in [4.69, 9.17) is 18.6 Å². The van der Waals surface area contributed by atoms with Crippen LogP contribution in [0.3, 0.4) is 0 Å². The summed E-state index contributed by atoms with van der Waals surface area (Å²) < 4.78 is 38.1. The molecule has 4 aromatic rings. The molecule has 0 saturated heterocycles. The minimum atomic E-state index is -0.537. The van der Waals surface area contributed by atoms with Crippen molar-refractivity contribution in [2.45, 2.75) is 59.2 Å². The zero-order valence-corrected chi connectivity index (χ0v) is 22.4. The molecule has 0 radical (unpaired) electrons. The predicted molar refractivity (Wildman–Crippen MR) is 143 cm³/mol. The van der Waals surface area contributed by atoms with Crippen LogP contribution in [0.4, 0.5) is 4.39 Å². The highest BCUT2D eigenvalue weighted by molar-refractivity contribution is 6.03. The van der Waals surface area contributed by atoms with Crippen LogP contribution in [0, 0.1) is 5.82 Å². The molecule has 38 heavy (non-hydrogen) atoms. The molecule has 0 aliphatic carbocycles. The molecule has 0 bridgehead atoms. The second kappa shape index (κ2) is 11.7. The fourth-order valence-electron chi connectivity index (χ4n) is 4.01. The molecule has 200 valence electrons. The van der Waals surface area contributed by atoms with E-state index >= 15 is 0 Å². The van der Waals surface area contributed by atoms with Gasteiger partial charge in [0.1, 0.15) is 35.5 Å². The SMILES string of the molecule is CCc1ccc(-c2c(-c3ccccc3F)oc3ncnc(OC[C@H](C)OCCC(=O)OC(C)(C)C)c23)cc1. The van der Waals surface area contributed by atoms with E-state index in [-0.39, 0.29) is 31.7 Å². The van der Waals surface area contributed by atoms with E-state index in [9.17, 15) is 9.18 Å². The Morgan fingerprint density at radius 2 is 1.82 bits per heavy atom. The largest absolute Gasteiger partial charge is 0.474 e. The Balaban J connectivity index is 1.60. The number of halogens is 1. The normalized spacial score (nSPS) is 12.5. The lowest BCUT2D eigenvalue weighted by molar-refractivity contribution is -0.156. The number of rotatable bonds is 10. The Hall–Kier alpha value is -3.78.